The van der Waals surface area contributed by atoms with E-state index in [9.17, 15) is 9.59 Å². The molecule has 2 heterocycles. The Morgan fingerprint density at radius 2 is 1.83 bits per heavy atom. The van der Waals surface area contributed by atoms with Gasteiger partial charge in [-0.25, -0.2) is 9.97 Å². The third kappa shape index (κ3) is 5.07. The van der Waals surface area contributed by atoms with Crippen LogP contribution < -0.4 is 15.6 Å². The summed E-state index contributed by atoms with van der Waals surface area (Å²) in [6.07, 6.45) is 4.05. The van der Waals surface area contributed by atoms with Crippen LogP contribution in [0.2, 0.25) is 0 Å². The second kappa shape index (κ2) is 10.3. The largest absolute Gasteiger partial charge is 0.494 e. The molecule has 0 saturated carbocycles. The summed E-state index contributed by atoms with van der Waals surface area (Å²) in [6.45, 7) is 2.51. The Bertz CT molecular complexity index is 1420. The van der Waals surface area contributed by atoms with Crippen LogP contribution in [0, 0.1) is 0 Å². The molecule has 2 aromatic heterocycles. The van der Waals surface area contributed by atoms with Crippen LogP contribution in [0.25, 0.3) is 16.7 Å². The first kappa shape index (κ1) is 23.1. The Labute approximate surface area is 207 Å². The minimum Gasteiger partial charge on any atom is -0.494 e. The van der Waals surface area contributed by atoms with E-state index in [0.29, 0.717) is 34.2 Å². The Balaban J connectivity index is 1.45. The summed E-state index contributed by atoms with van der Waals surface area (Å²) in [5.41, 5.74) is 3.82. The monoisotopic (exact) mass is 486 g/mol. The van der Waals surface area contributed by atoms with Crippen molar-refractivity contribution < 1.29 is 9.53 Å². The number of anilines is 1. The summed E-state index contributed by atoms with van der Waals surface area (Å²) in [7, 11) is 0. The number of aryl methyl sites for hydroxylation is 2. The van der Waals surface area contributed by atoms with Gasteiger partial charge in [-0.15, -0.1) is 0 Å². The van der Waals surface area contributed by atoms with Gasteiger partial charge in [0.2, 0.25) is 5.91 Å². The number of rotatable bonds is 7. The molecule has 1 amide bonds. The molecule has 0 bridgehead atoms. The van der Waals surface area contributed by atoms with E-state index in [1.807, 2.05) is 55.5 Å². The number of ether oxygens (including phenoxy) is 1. The number of carbonyl (C=O) groups is 1. The van der Waals surface area contributed by atoms with E-state index in [-0.39, 0.29) is 17.2 Å². The normalized spacial score (nSPS) is 12.8. The highest BCUT2D eigenvalue weighted by molar-refractivity contribution is 7.99. The molecular formula is C27H26N4O3S. The molecule has 178 valence electrons. The number of nitrogens with one attached hydrogen (secondary N) is 1. The van der Waals surface area contributed by atoms with Crippen molar-refractivity contribution in [3.8, 4) is 11.4 Å². The number of aromatic nitrogens is 3. The van der Waals surface area contributed by atoms with E-state index in [1.54, 1.807) is 16.7 Å². The summed E-state index contributed by atoms with van der Waals surface area (Å²) in [5, 5.41) is 3.84. The molecule has 0 aliphatic heterocycles. The predicted molar refractivity (Wildman–Crippen MR) is 139 cm³/mol. The molecule has 1 N–H and O–H groups in total. The number of hydrogen-bond donors (Lipinski definition) is 1. The van der Waals surface area contributed by atoms with E-state index >= 15 is 0 Å². The van der Waals surface area contributed by atoms with E-state index < -0.39 is 0 Å². The number of nitrogens with zero attached hydrogens (tertiary/aromatic N) is 3. The highest BCUT2D eigenvalue weighted by Gasteiger charge is 2.19. The van der Waals surface area contributed by atoms with Crippen LogP contribution >= 0.6 is 11.8 Å². The van der Waals surface area contributed by atoms with E-state index in [0.717, 1.165) is 42.7 Å². The Morgan fingerprint density at radius 3 is 2.60 bits per heavy atom. The van der Waals surface area contributed by atoms with E-state index in [4.69, 9.17) is 14.7 Å². The first-order chi connectivity index (χ1) is 17.1. The van der Waals surface area contributed by atoms with Crippen molar-refractivity contribution in [2.75, 3.05) is 17.7 Å². The van der Waals surface area contributed by atoms with Crippen molar-refractivity contribution in [3.63, 3.8) is 0 Å². The van der Waals surface area contributed by atoms with Crippen LogP contribution in [0.15, 0.2) is 70.6 Å². The third-order valence-electron chi connectivity index (χ3n) is 5.90. The van der Waals surface area contributed by atoms with Gasteiger partial charge in [0, 0.05) is 11.4 Å². The standard InChI is InChI=1S/C27H26N4O3S/c1-2-34-21-14-12-19(13-15-21)28-24(32)17-35-27-30-25-22(16-18-8-6-7-11-23(18)29-25)26(33)31(27)20-9-4-3-5-10-20/h3-5,9-10,12-16H,2,6-8,11,17H2,1H3,(H,28,32). The molecule has 1 aliphatic rings. The number of pyridine rings is 1. The maximum absolute atomic E-state index is 13.6. The number of benzene rings is 2. The third-order valence-corrected chi connectivity index (χ3v) is 6.84. The summed E-state index contributed by atoms with van der Waals surface area (Å²) in [6, 6.07) is 18.6. The van der Waals surface area contributed by atoms with Crippen LogP contribution in [-0.2, 0) is 17.6 Å². The molecule has 0 fully saturated rings. The van der Waals surface area contributed by atoms with Gasteiger partial charge in [-0.05, 0) is 80.6 Å². The van der Waals surface area contributed by atoms with Crippen molar-refractivity contribution in [3.05, 3.63) is 82.3 Å². The van der Waals surface area contributed by atoms with Gasteiger partial charge in [0.1, 0.15) is 5.75 Å². The number of carbonyl (C=O) groups excluding carboxylic acids is 1. The summed E-state index contributed by atoms with van der Waals surface area (Å²) in [5.74, 6) is 0.663. The minimum atomic E-state index is -0.188. The van der Waals surface area contributed by atoms with Gasteiger partial charge < -0.3 is 10.1 Å². The van der Waals surface area contributed by atoms with Gasteiger partial charge >= 0.3 is 0 Å². The van der Waals surface area contributed by atoms with Crippen LogP contribution in [0.5, 0.6) is 5.75 Å². The van der Waals surface area contributed by atoms with Crippen molar-refractivity contribution in [2.45, 2.75) is 37.8 Å². The fourth-order valence-corrected chi connectivity index (χ4v) is 5.04. The quantitative estimate of drug-likeness (QED) is 0.299. The van der Waals surface area contributed by atoms with Crippen molar-refractivity contribution in [2.24, 2.45) is 0 Å². The molecule has 0 radical (unpaired) electrons. The molecule has 1 aliphatic carbocycles. The van der Waals surface area contributed by atoms with Gasteiger partial charge in [0.15, 0.2) is 10.8 Å². The second-order valence-corrected chi connectivity index (χ2v) is 9.28. The second-order valence-electron chi connectivity index (χ2n) is 8.34. The molecular weight excluding hydrogens is 460 g/mol. The van der Waals surface area contributed by atoms with Gasteiger partial charge in [-0.2, -0.15) is 0 Å². The maximum atomic E-state index is 13.6. The SMILES string of the molecule is CCOc1ccc(NC(=O)CSc2nc3nc4c(cc3c(=O)n2-c2ccccc2)CCCC4)cc1. The molecule has 7 nitrogen and oxygen atoms in total. The van der Waals surface area contributed by atoms with Crippen molar-refractivity contribution >= 4 is 34.4 Å². The summed E-state index contributed by atoms with van der Waals surface area (Å²) >= 11 is 1.22. The number of fused-ring (bicyclic) bond motifs is 2. The molecule has 0 spiro atoms. The zero-order valence-corrected chi connectivity index (χ0v) is 20.3. The van der Waals surface area contributed by atoms with Crippen molar-refractivity contribution in [1.82, 2.24) is 14.5 Å². The Morgan fingerprint density at radius 1 is 1.06 bits per heavy atom. The number of para-hydroxylation sites is 1. The maximum Gasteiger partial charge on any atom is 0.268 e. The van der Waals surface area contributed by atoms with Crippen LogP contribution in [0.3, 0.4) is 0 Å². The molecule has 0 unspecified atom stereocenters. The number of amides is 1. The molecule has 8 heteroatoms. The molecule has 0 atom stereocenters. The van der Waals surface area contributed by atoms with E-state index in [1.165, 1.54) is 11.8 Å². The Kier molecular flexibility index (Phi) is 6.81. The average Bonchev–Trinajstić information content (AvgIpc) is 2.88. The smallest absolute Gasteiger partial charge is 0.268 e. The lowest BCUT2D eigenvalue weighted by Crippen LogP contribution is -2.24. The zero-order chi connectivity index (χ0) is 24.2. The van der Waals surface area contributed by atoms with Crippen LogP contribution in [-0.4, -0.2) is 32.8 Å². The van der Waals surface area contributed by atoms with Gasteiger partial charge in [0.25, 0.3) is 5.56 Å². The lowest BCUT2D eigenvalue weighted by molar-refractivity contribution is -0.113. The van der Waals surface area contributed by atoms with Crippen molar-refractivity contribution in [1.29, 1.82) is 0 Å². The molecule has 2 aromatic carbocycles. The zero-order valence-electron chi connectivity index (χ0n) is 19.5. The fraction of sp³-hybridized carbons (Fsp3) is 0.259. The summed E-state index contributed by atoms with van der Waals surface area (Å²) < 4.78 is 7.02. The first-order valence-corrected chi connectivity index (χ1v) is 12.8. The molecule has 0 saturated heterocycles. The number of thioether (sulfide) groups is 1. The average molecular weight is 487 g/mol. The highest BCUT2D eigenvalue weighted by Crippen LogP contribution is 2.25. The van der Waals surface area contributed by atoms with Gasteiger partial charge in [-0.1, -0.05) is 30.0 Å². The topological polar surface area (TPSA) is 86.1 Å². The summed E-state index contributed by atoms with van der Waals surface area (Å²) in [4.78, 5) is 35.8. The molecule has 4 aromatic rings. The van der Waals surface area contributed by atoms with Gasteiger partial charge in [-0.3, -0.25) is 14.2 Å². The highest BCUT2D eigenvalue weighted by atomic mass is 32.2. The van der Waals surface area contributed by atoms with E-state index in [2.05, 4.69) is 5.32 Å². The molecule has 5 rings (SSSR count). The number of hydrogen-bond acceptors (Lipinski definition) is 6. The Hall–Kier alpha value is -3.65. The lowest BCUT2D eigenvalue weighted by atomic mass is 9.95. The van der Waals surface area contributed by atoms with Crippen LogP contribution in [0.4, 0.5) is 5.69 Å². The van der Waals surface area contributed by atoms with Gasteiger partial charge in [0.05, 0.1) is 23.4 Å². The molecule has 35 heavy (non-hydrogen) atoms. The lowest BCUT2D eigenvalue weighted by Gasteiger charge is -2.17. The first-order valence-electron chi connectivity index (χ1n) is 11.8. The minimum absolute atomic E-state index is 0.100. The predicted octanol–water partition coefficient (Wildman–Crippen LogP) is 4.79. The fourth-order valence-electron chi connectivity index (χ4n) is 4.24. The van der Waals surface area contributed by atoms with Crippen LogP contribution in [0.1, 0.15) is 31.0 Å².